The van der Waals surface area contributed by atoms with Crippen molar-refractivity contribution in [2.45, 2.75) is 58.8 Å². The number of ketones is 1. The van der Waals surface area contributed by atoms with E-state index in [9.17, 15) is 17.7 Å². The quantitative estimate of drug-likeness (QED) is 0.538. The molecule has 0 heterocycles. The van der Waals surface area contributed by atoms with Gasteiger partial charge in [0.15, 0.2) is 0 Å². The smallest absolute Gasteiger partial charge is 0.297 e. The average molecular weight is 330 g/mol. The first kappa shape index (κ1) is 22.1. The SMILES string of the molecule is CCC(=O)CSC.CCCCCCCCS(=O)(=O)OF. The molecule has 0 saturated carbocycles. The van der Waals surface area contributed by atoms with E-state index in [0.29, 0.717) is 24.4 Å². The van der Waals surface area contributed by atoms with Gasteiger partial charge >= 0.3 is 0 Å². The summed E-state index contributed by atoms with van der Waals surface area (Å²) in [7, 11) is -3.88. The number of Topliss-reactive ketones (excluding diaryl/α,β-unsaturated/α-hetero) is 1. The van der Waals surface area contributed by atoms with Gasteiger partial charge in [0, 0.05) is 6.42 Å². The molecule has 0 amide bonds. The Labute approximate surface area is 126 Å². The summed E-state index contributed by atoms with van der Waals surface area (Å²) >= 11 is 1.58. The van der Waals surface area contributed by atoms with Gasteiger partial charge in [-0.2, -0.15) is 20.2 Å². The van der Waals surface area contributed by atoms with Crippen molar-refractivity contribution in [1.29, 1.82) is 0 Å². The van der Waals surface area contributed by atoms with Crippen LogP contribution in [-0.2, 0) is 19.3 Å². The maximum Gasteiger partial charge on any atom is 0.297 e. The van der Waals surface area contributed by atoms with Crippen LogP contribution in [0.25, 0.3) is 0 Å². The first-order chi connectivity index (χ1) is 9.43. The van der Waals surface area contributed by atoms with Crippen LogP contribution in [0.1, 0.15) is 58.8 Å². The van der Waals surface area contributed by atoms with Crippen LogP contribution in [0.4, 0.5) is 4.53 Å². The van der Waals surface area contributed by atoms with Crippen LogP contribution in [0.3, 0.4) is 0 Å². The van der Waals surface area contributed by atoms with Crippen molar-refractivity contribution >= 4 is 27.7 Å². The number of rotatable bonds is 11. The molecule has 0 bridgehead atoms. The van der Waals surface area contributed by atoms with Crippen LogP contribution >= 0.6 is 11.8 Å². The fourth-order valence-electron chi connectivity index (χ4n) is 1.35. The summed E-state index contributed by atoms with van der Waals surface area (Å²) in [5.74, 6) is 0.805. The Morgan fingerprint density at radius 3 is 2.05 bits per heavy atom. The number of carbonyl (C=O) groups is 1. The Morgan fingerprint density at radius 2 is 1.65 bits per heavy atom. The summed E-state index contributed by atoms with van der Waals surface area (Å²) in [5, 5.41) is 0. The van der Waals surface area contributed by atoms with Gasteiger partial charge in [0.25, 0.3) is 10.1 Å². The molecule has 0 N–H and O–H groups in total. The van der Waals surface area contributed by atoms with Crippen LogP contribution in [0.5, 0.6) is 0 Å². The molecule has 0 spiro atoms. The highest BCUT2D eigenvalue weighted by molar-refractivity contribution is 7.99. The Hall–Kier alpha value is -0.140. The van der Waals surface area contributed by atoms with Gasteiger partial charge in [-0.05, 0) is 17.2 Å². The fourth-order valence-corrected chi connectivity index (χ4v) is 2.50. The summed E-state index contributed by atoms with van der Waals surface area (Å²) in [6, 6.07) is 0. The van der Waals surface area contributed by atoms with Crippen molar-refractivity contribution < 1.29 is 22.1 Å². The van der Waals surface area contributed by atoms with Crippen molar-refractivity contribution in [1.82, 2.24) is 0 Å². The zero-order valence-electron chi connectivity index (χ0n) is 12.7. The van der Waals surface area contributed by atoms with Gasteiger partial charge in [0.2, 0.25) is 0 Å². The zero-order valence-corrected chi connectivity index (χ0v) is 14.3. The van der Waals surface area contributed by atoms with Gasteiger partial charge in [-0.3, -0.25) is 4.79 Å². The second-order valence-electron chi connectivity index (χ2n) is 4.42. The second kappa shape index (κ2) is 15.3. The van der Waals surface area contributed by atoms with E-state index in [1.807, 2.05) is 13.2 Å². The Balaban J connectivity index is 0. The van der Waals surface area contributed by atoms with E-state index in [4.69, 9.17) is 0 Å². The van der Waals surface area contributed by atoms with Crippen LogP contribution in [0.2, 0.25) is 0 Å². The normalized spacial score (nSPS) is 10.8. The Bertz CT molecular complexity index is 318. The fraction of sp³-hybridized carbons (Fsp3) is 0.923. The van der Waals surface area contributed by atoms with E-state index in [0.717, 1.165) is 25.7 Å². The van der Waals surface area contributed by atoms with Crippen LogP contribution in [0.15, 0.2) is 0 Å². The lowest BCUT2D eigenvalue weighted by Crippen LogP contribution is -2.05. The molecule has 20 heavy (non-hydrogen) atoms. The van der Waals surface area contributed by atoms with E-state index < -0.39 is 10.1 Å². The van der Waals surface area contributed by atoms with Crippen molar-refractivity contribution in [3.8, 4) is 0 Å². The van der Waals surface area contributed by atoms with Crippen LogP contribution in [0, 0.1) is 0 Å². The van der Waals surface area contributed by atoms with Crippen molar-refractivity contribution in [2.75, 3.05) is 17.8 Å². The van der Waals surface area contributed by atoms with Gasteiger partial charge in [-0.15, -0.1) is 0 Å². The summed E-state index contributed by atoms with van der Waals surface area (Å²) in [6.45, 7) is 4.00. The number of thioether (sulfide) groups is 1. The molecule has 0 radical (unpaired) electrons. The van der Waals surface area contributed by atoms with E-state index >= 15 is 0 Å². The van der Waals surface area contributed by atoms with Crippen LogP contribution in [-0.4, -0.2) is 32.0 Å². The standard InChI is InChI=1S/C8H17FO3S.C5H10OS/c1-2-3-4-5-6-7-8-13(10,11)12-9;1-3-5(6)4-7-2/h2-8H2,1H3;3-4H2,1-2H3. The Kier molecular flexibility index (Phi) is 16.9. The molecular weight excluding hydrogens is 303 g/mol. The summed E-state index contributed by atoms with van der Waals surface area (Å²) in [5.41, 5.74) is 0. The predicted octanol–water partition coefficient (Wildman–Crippen LogP) is 3.91. The van der Waals surface area contributed by atoms with E-state index in [1.165, 1.54) is 6.42 Å². The van der Waals surface area contributed by atoms with Gasteiger partial charge in [-0.1, -0.05) is 50.3 Å². The van der Waals surface area contributed by atoms with E-state index in [2.05, 4.69) is 11.3 Å². The number of unbranched alkanes of at least 4 members (excludes halogenated alkanes) is 5. The van der Waals surface area contributed by atoms with Crippen molar-refractivity contribution in [2.24, 2.45) is 0 Å². The maximum atomic E-state index is 11.3. The molecule has 122 valence electrons. The molecule has 0 aromatic heterocycles. The molecule has 0 aromatic rings. The average Bonchev–Trinajstić information content (AvgIpc) is 2.43. The minimum Gasteiger partial charge on any atom is -0.299 e. The monoisotopic (exact) mass is 330 g/mol. The minimum atomic E-state index is -3.88. The summed E-state index contributed by atoms with van der Waals surface area (Å²) in [4.78, 5) is 10.4. The lowest BCUT2D eigenvalue weighted by atomic mass is 10.1. The molecule has 0 aliphatic rings. The highest BCUT2D eigenvalue weighted by Gasteiger charge is 2.09. The molecule has 0 saturated heterocycles. The number of carbonyl (C=O) groups excluding carboxylic acids is 1. The number of hydrogen-bond acceptors (Lipinski definition) is 5. The molecule has 0 atom stereocenters. The first-order valence-corrected chi connectivity index (χ1v) is 9.94. The molecule has 0 aliphatic carbocycles. The largest absolute Gasteiger partial charge is 0.299 e. The molecule has 0 aliphatic heterocycles. The number of halogens is 1. The van der Waals surface area contributed by atoms with E-state index in [1.54, 1.807) is 11.8 Å². The van der Waals surface area contributed by atoms with Gasteiger partial charge in [-0.25, -0.2) is 0 Å². The molecule has 0 rings (SSSR count). The molecule has 7 heteroatoms. The summed E-state index contributed by atoms with van der Waals surface area (Å²) in [6.07, 6.45) is 8.38. The highest BCUT2D eigenvalue weighted by Crippen LogP contribution is 2.07. The maximum absolute atomic E-state index is 11.3. The topological polar surface area (TPSA) is 60.4 Å². The molecule has 4 nitrogen and oxygen atoms in total. The number of hydrogen-bond donors (Lipinski definition) is 0. The lowest BCUT2D eigenvalue weighted by molar-refractivity contribution is -0.116. The molecule has 0 fully saturated rings. The highest BCUT2D eigenvalue weighted by atomic mass is 32.2. The van der Waals surface area contributed by atoms with Crippen molar-refractivity contribution in [3.05, 3.63) is 0 Å². The third-order valence-electron chi connectivity index (χ3n) is 2.54. The molecular formula is C13H27FO4S2. The molecule has 0 aromatic carbocycles. The minimum absolute atomic E-state index is 0.213. The van der Waals surface area contributed by atoms with E-state index in [-0.39, 0.29) is 5.75 Å². The predicted molar refractivity (Wildman–Crippen MR) is 83.0 cm³/mol. The first-order valence-electron chi connectivity index (χ1n) is 6.97. The lowest BCUT2D eigenvalue weighted by Gasteiger charge is -1.99. The van der Waals surface area contributed by atoms with Gasteiger partial charge in [0.05, 0.1) is 11.5 Å². The van der Waals surface area contributed by atoms with Crippen LogP contribution < -0.4 is 0 Å². The second-order valence-corrected chi connectivity index (χ2v) is 6.93. The third-order valence-corrected chi connectivity index (χ3v) is 4.13. The van der Waals surface area contributed by atoms with Crippen molar-refractivity contribution in [3.63, 3.8) is 0 Å². The third kappa shape index (κ3) is 17.9. The van der Waals surface area contributed by atoms with Gasteiger partial charge in [0.1, 0.15) is 5.78 Å². The summed E-state index contributed by atoms with van der Waals surface area (Å²) < 4.78 is 35.1. The van der Waals surface area contributed by atoms with Gasteiger partial charge < -0.3 is 0 Å². The molecule has 0 unspecified atom stereocenters. The zero-order chi connectivity index (χ0) is 15.9. The Morgan fingerprint density at radius 1 is 1.10 bits per heavy atom.